The third-order valence-electron chi connectivity index (χ3n) is 16.5. The van der Waals surface area contributed by atoms with Crippen LogP contribution in [0, 0.1) is 0 Å². The molecule has 1 aliphatic heterocycles. The van der Waals surface area contributed by atoms with Crippen LogP contribution in [0.5, 0.6) is 0 Å². The molecule has 32 heteroatoms. The molecule has 1 aromatic carbocycles. The normalized spacial score (nSPS) is 27.7. The van der Waals surface area contributed by atoms with Crippen LogP contribution in [-0.4, -0.2) is 230 Å². The number of likely N-dealkylation sites (tertiary alicyclic amines) is 1. The van der Waals surface area contributed by atoms with E-state index in [0.29, 0.717) is 84.9 Å². The summed E-state index contributed by atoms with van der Waals surface area (Å²) in [5.74, 6) is 5.53. The van der Waals surface area contributed by atoms with Crippen molar-refractivity contribution in [2.45, 2.75) is 179 Å². The Morgan fingerprint density at radius 2 is 0.978 bits per heavy atom. The number of nitrogens with zero attached hydrogens (tertiary/aromatic N) is 16. The van der Waals surface area contributed by atoms with Crippen molar-refractivity contribution in [2.24, 2.45) is 0 Å². The molecular formula is C60H79N19O10S3. The van der Waals surface area contributed by atoms with Gasteiger partial charge in [-0.3, -0.25) is 4.90 Å². The third-order valence-corrected chi connectivity index (χ3v) is 19.6. The lowest BCUT2D eigenvalue weighted by molar-refractivity contribution is -0.0637. The van der Waals surface area contributed by atoms with E-state index in [-0.39, 0.29) is 6.04 Å². The monoisotopic (exact) mass is 1320 g/mol. The van der Waals surface area contributed by atoms with Crippen molar-refractivity contribution in [3.8, 4) is 0 Å². The van der Waals surface area contributed by atoms with Gasteiger partial charge in [0.2, 0.25) is 0 Å². The van der Waals surface area contributed by atoms with Crippen molar-refractivity contribution in [2.75, 3.05) is 52.8 Å². The minimum absolute atomic E-state index is 0.252. The van der Waals surface area contributed by atoms with Gasteiger partial charge in [0.1, 0.15) is 78.8 Å². The molecule has 1 saturated heterocycles. The fourth-order valence-corrected chi connectivity index (χ4v) is 13.4. The molecule has 1 unspecified atom stereocenters. The van der Waals surface area contributed by atoms with Crippen molar-refractivity contribution < 1.29 is 50.4 Å². The molecule has 29 nitrogen and oxygen atoms in total. The maximum atomic E-state index is 10.5. The number of fused-ring (bicyclic) bond motifs is 3. The molecule has 1 saturated carbocycles. The fraction of sp³-hybridized carbons (Fsp3) is 0.533. The quantitative estimate of drug-likeness (QED) is 0.0261. The molecule has 492 valence electrons. The molecule has 92 heavy (non-hydrogen) atoms. The number of furan rings is 1. The molecule has 5 aliphatic rings. The van der Waals surface area contributed by atoms with Crippen LogP contribution in [0.2, 0.25) is 0 Å². The molecule has 2 fully saturated rings. The minimum atomic E-state index is -1.32. The Kier molecular flexibility index (Phi) is 22.1. The number of hydrogen-bond donors (Lipinski definition) is 12. The van der Waals surface area contributed by atoms with Gasteiger partial charge < -0.3 is 66.3 Å². The second-order valence-electron chi connectivity index (χ2n) is 23.0. The predicted octanol–water partition coefficient (Wildman–Crippen LogP) is 3.82. The molecule has 0 spiro atoms. The maximum Gasteiger partial charge on any atom is 0.191 e. The zero-order valence-corrected chi connectivity index (χ0v) is 53.7. The first kappa shape index (κ1) is 66.7. The summed E-state index contributed by atoms with van der Waals surface area (Å²) in [5.41, 5.74) is 4.19. The first-order valence-corrected chi connectivity index (χ1v) is 34.1. The number of aliphatic hydroxyl groups is 9. The van der Waals surface area contributed by atoms with E-state index < -0.39 is 73.1 Å². The van der Waals surface area contributed by atoms with Crippen LogP contribution < -0.4 is 16.0 Å². The Morgan fingerprint density at radius 1 is 0.522 bits per heavy atom. The van der Waals surface area contributed by atoms with Crippen molar-refractivity contribution in [3.63, 3.8) is 0 Å². The maximum absolute atomic E-state index is 10.5. The number of likely N-dealkylation sites (N-methyl/N-ethyl adjacent to an activating group) is 1. The van der Waals surface area contributed by atoms with E-state index in [1.807, 2.05) is 30.3 Å². The van der Waals surface area contributed by atoms with Crippen LogP contribution >= 0.6 is 35.3 Å². The van der Waals surface area contributed by atoms with E-state index in [4.69, 9.17) is 14.4 Å². The van der Waals surface area contributed by atoms with Crippen molar-refractivity contribution in [3.05, 3.63) is 96.5 Å². The van der Waals surface area contributed by atoms with Crippen molar-refractivity contribution in [1.29, 1.82) is 0 Å². The number of anilines is 3. The molecule has 0 radical (unpaired) electrons. The highest BCUT2D eigenvalue weighted by atomic mass is 32.2. The average Bonchev–Trinajstić information content (AvgIpc) is 1.68. The lowest BCUT2D eigenvalue weighted by atomic mass is 9.94. The molecule has 13 rings (SSSR count). The first-order valence-electron chi connectivity index (χ1n) is 31.2. The summed E-state index contributed by atoms with van der Waals surface area (Å²) in [6, 6.07) is 12.7. The molecule has 15 atom stereocenters. The zero-order valence-electron chi connectivity index (χ0n) is 51.2. The molecule has 8 aromatic rings. The van der Waals surface area contributed by atoms with Gasteiger partial charge in [0, 0.05) is 41.8 Å². The van der Waals surface area contributed by atoms with Crippen LogP contribution in [0.25, 0.3) is 33.5 Å². The Labute approximate surface area is 542 Å². The second-order valence-corrected chi connectivity index (χ2v) is 26.2. The second kappa shape index (κ2) is 30.5. The first-order chi connectivity index (χ1) is 44.7. The van der Waals surface area contributed by atoms with Crippen LogP contribution in [0.1, 0.15) is 102 Å². The summed E-state index contributed by atoms with van der Waals surface area (Å²) in [6.07, 6.45) is 6.08. The number of aliphatic hydroxyl groups excluding tert-OH is 9. The van der Waals surface area contributed by atoms with Gasteiger partial charge in [-0.2, -0.15) is 0 Å². The summed E-state index contributed by atoms with van der Waals surface area (Å²) < 4.78 is 9.80. The average molecular weight is 1320 g/mol. The highest BCUT2D eigenvalue weighted by Gasteiger charge is 2.41. The number of benzene rings is 1. The van der Waals surface area contributed by atoms with Gasteiger partial charge in [0.15, 0.2) is 66.4 Å². The SMILES string of the molecule is CCCSc1nc(NCC2CCCN2CC)c2nnn([C@@H]3C=C[C@H](O)[C@@H](O)[C@H]3O)c2n1.CCCSc1nc(NCc2ccco2)c2nnn([C@@H]3C=C[C@H](O)[C@@H](O)[C@H]3O)c2n1.CCCSc1nc(N[C@@H]2C[C@H]2c2ccccc2)c2nnn([C@@H]3C=C[C@H](O)[C@@H](O)[C@H]3O)c2n1. The van der Waals surface area contributed by atoms with Gasteiger partial charge in [-0.1, -0.05) is 145 Å². The standard InChI is InChI=1S/C22H26N6O3S.C20H31N7O3S.C18H22N6O4S/c1-2-10-32-22-24-20(23-14-11-13(14)12-6-4-3-5-7-12)17-21(25-22)28(27-26-17)15-8-9-16(29)19(31)18(15)30;1-3-10-31-20-22-18(21-11-12-6-5-9-26(12)4-2)15-19(23-20)27(25-24-15)13-7-8-14(28)17(30)16(13)29;1-2-8-29-18-20-16(19-9-10-4-3-7-28-10)13-17(21-18)24(23-22-13)11-5-6-12(25)15(27)14(11)26/h3-9,13-16,18-19,29-31H,2,10-11H2,1H3,(H,23,24,25);7-8,12-14,16-17,28-30H,3-6,9-11H2,1-2H3,(H,21,22,23);3-7,11-12,14-15,25-27H,2,8-9H2,1H3,(H,19,20,21)/t13-,14+,15+,16-,18-,19+;12?,13-,14+,16+,17-;11-,12+,14+,15-/m011/s1. The van der Waals surface area contributed by atoms with Crippen molar-refractivity contribution in [1.82, 2.24) is 79.8 Å². The number of rotatable bonds is 22. The van der Waals surface area contributed by atoms with Crippen LogP contribution in [0.3, 0.4) is 0 Å². The number of hydrogen-bond acceptors (Lipinski definition) is 29. The van der Waals surface area contributed by atoms with E-state index in [0.717, 1.165) is 74.8 Å². The van der Waals surface area contributed by atoms with E-state index in [1.165, 1.54) is 56.0 Å². The lowest BCUT2D eigenvalue weighted by Gasteiger charge is -2.30. The van der Waals surface area contributed by atoms with Gasteiger partial charge in [-0.05, 0) is 69.3 Å². The molecule has 0 bridgehead atoms. The topological polar surface area (TPSA) is 404 Å². The van der Waals surface area contributed by atoms with Crippen molar-refractivity contribution >= 4 is 86.2 Å². The number of nitrogens with one attached hydrogen (secondary N) is 3. The highest BCUT2D eigenvalue weighted by Crippen LogP contribution is 2.44. The van der Waals surface area contributed by atoms with Gasteiger partial charge >= 0.3 is 0 Å². The van der Waals surface area contributed by atoms with Crippen LogP contribution in [-0.2, 0) is 6.54 Å². The summed E-state index contributed by atoms with van der Waals surface area (Å²) in [4.78, 5) is 30.3. The minimum Gasteiger partial charge on any atom is -0.467 e. The van der Waals surface area contributed by atoms with E-state index >= 15 is 0 Å². The Balaban J connectivity index is 0.000000142. The molecule has 12 N–H and O–H groups in total. The number of aromatic nitrogens is 15. The molecule has 7 aromatic heterocycles. The van der Waals surface area contributed by atoms with E-state index in [9.17, 15) is 46.0 Å². The van der Waals surface area contributed by atoms with E-state index in [1.54, 1.807) is 48.0 Å². The Morgan fingerprint density at radius 3 is 1.42 bits per heavy atom. The number of thioether (sulfide) groups is 3. The van der Waals surface area contributed by atoms with Gasteiger partial charge in [-0.15, -0.1) is 15.3 Å². The lowest BCUT2D eigenvalue weighted by Crippen LogP contribution is -2.44. The summed E-state index contributed by atoms with van der Waals surface area (Å²) in [6.45, 7) is 11.8. The van der Waals surface area contributed by atoms with Crippen LogP contribution in [0.15, 0.2) is 105 Å². The zero-order chi connectivity index (χ0) is 64.6. The predicted molar refractivity (Wildman–Crippen MR) is 347 cm³/mol. The third kappa shape index (κ3) is 14.9. The largest absolute Gasteiger partial charge is 0.467 e. The Bertz CT molecular complexity index is 3810. The van der Waals surface area contributed by atoms with Crippen LogP contribution in [0.4, 0.5) is 17.5 Å². The molecule has 8 heterocycles. The van der Waals surface area contributed by atoms with Gasteiger partial charge in [0.05, 0.1) is 12.8 Å². The summed E-state index contributed by atoms with van der Waals surface area (Å²) in [7, 11) is 0. The highest BCUT2D eigenvalue weighted by molar-refractivity contribution is 7.99. The molecular weight excluding hydrogens is 1240 g/mol. The van der Waals surface area contributed by atoms with Gasteiger partial charge in [-0.25, -0.2) is 43.9 Å². The fourth-order valence-electron chi connectivity index (χ4n) is 11.4. The Hall–Kier alpha value is -6.79. The summed E-state index contributed by atoms with van der Waals surface area (Å²) >= 11 is 4.62. The summed E-state index contributed by atoms with van der Waals surface area (Å²) in [5, 5.41) is 128. The molecule has 4 aliphatic carbocycles. The van der Waals surface area contributed by atoms with E-state index in [2.05, 4.69) is 112 Å². The molecule has 0 amide bonds. The van der Waals surface area contributed by atoms with Gasteiger partial charge in [0.25, 0.3) is 0 Å². The smallest absolute Gasteiger partial charge is 0.191 e.